The smallest absolute Gasteiger partial charge is 0.371 e. The SMILES string of the molecule is CC(C)NCC1CCCN(CCOCC(F)(F)F)C1. The zero-order chi connectivity index (χ0) is 14.3. The fraction of sp³-hybridized carbons (Fsp3) is 1.00. The van der Waals surface area contributed by atoms with E-state index in [1.54, 1.807) is 0 Å². The van der Waals surface area contributed by atoms with Crippen molar-refractivity contribution < 1.29 is 17.9 Å². The third-order valence-corrected chi connectivity index (χ3v) is 3.24. The van der Waals surface area contributed by atoms with E-state index in [-0.39, 0.29) is 6.61 Å². The molecule has 19 heavy (non-hydrogen) atoms. The predicted molar refractivity (Wildman–Crippen MR) is 69.2 cm³/mol. The topological polar surface area (TPSA) is 24.5 Å². The van der Waals surface area contributed by atoms with Crippen molar-refractivity contribution >= 4 is 0 Å². The van der Waals surface area contributed by atoms with Crippen molar-refractivity contribution in [3.05, 3.63) is 0 Å². The molecule has 1 fully saturated rings. The second-order valence-electron chi connectivity index (χ2n) is 5.54. The lowest BCUT2D eigenvalue weighted by atomic mass is 9.98. The van der Waals surface area contributed by atoms with Gasteiger partial charge in [-0.05, 0) is 31.8 Å². The number of rotatable bonds is 7. The van der Waals surface area contributed by atoms with Crippen LogP contribution in [0, 0.1) is 5.92 Å². The van der Waals surface area contributed by atoms with Gasteiger partial charge in [-0.2, -0.15) is 13.2 Å². The highest BCUT2D eigenvalue weighted by atomic mass is 19.4. The Morgan fingerprint density at radius 3 is 2.74 bits per heavy atom. The van der Waals surface area contributed by atoms with Crippen LogP contribution in [0.3, 0.4) is 0 Å². The number of likely N-dealkylation sites (tertiary alicyclic amines) is 1. The molecule has 1 aliphatic heterocycles. The number of ether oxygens (including phenoxy) is 1. The number of alkyl halides is 3. The summed E-state index contributed by atoms with van der Waals surface area (Å²) in [5, 5.41) is 3.42. The molecular formula is C13H25F3N2O. The number of piperidine rings is 1. The molecule has 0 radical (unpaired) electrons. The third kappa shape index (κ3) is 8.44. The lowest BCUT2D eigenvalue weighted by molar-refractivity contribution is -0.174. The maximum Gasteiger partial charge on any atom is 0.411 e. The minimum atomic E-state index is -4.22. The van der Waals surface area contributed by atoms with Crippen LogP contribution in [0.25, 0.3) is 0 Å². The van der Waals surface area contributed by atoms with E-state index in [1.807, 2.05) is 0 Å². The molecule has 1 heterocycles. The fourth-order valence-electron chi connectivity index (χ4n) is 2.30. The number of nitrogens with one attached hydrogen (secondary N) is 1. The van der Waals surface area contributed by atoms with Gasteiger partial charge in [-0.25, -0.2) is 0 Å². The van der Waals surface area contributed by atoms with Crippen LogP contribution in [0.1, 0.15) is 26.7 Å². The van der Waals surface area contributed by atoms with Gasteiger partial charge < -0.3 is 15.0 Å². The molecule has 0 aromatic heterocycles. The summed E-state index contributed by atoms with van der Waals surface area (Å²) in [5.41, 5.74) is 0. The maximum atomic E-state index is 11.9. The monoisotopic (exact) mass is 282 g/mol. The zero-order valence-electron chi connectivity index (χ0n) is 11.8. The number of nitrogens with zero attached hydrogens (tertiary/aromatic N) is 1. The van der Waals surface area contributed by atoms with E-state index >= 15 is 0 Å². The molecule has 3 nitrogen and oxygen atoms in total. The molecule has 1 atom stereocenters. The van der Waals surface area contributed by atoms with Gasteiger partial charge >= 0.3 is 6.18 Å². The quantitative estimate of drug-likeness (QED) is 0.725. The number of hydrogen-bond donors (Lipinski definition) is 1. The lowest BCUT2D eigenvalue weighted by Gasteiger charge is -2.33. The average Bonchev–Trinajstić information content (AvgIpc) is 2.32. The van der Waals surface area contributed by atoms with Crippen molar-refractivity contribution in [2.75, 3.05) is 39.4 Å². The van der Waals surface area contributed by atoms with Crippen molar-refractivity contribution in [3.63, 3.8) is 0 Å². The highest BCUT2D eigenvalue weighted by Crippen LogP contribution is 2.16. The summed E-state index contributed by atoms with van der Waals surface area (Å²) in [7, 11) is 0. The van der Waals surface area contributed by atoms with E-state index in [0.717, 1.165) is 26.1 Å². The largest absolute Gasteiger partial charge is 0.411 e. The average molecular weight is 282 g/mol. The van der Waals surface area contributed by atoms with E-state index in [9.17, 15) is 13.2 Å². The zero-order valence-corrected chi connectivity index (χ0v) is 11.8. The van der Waals surface area contributed by atoms with E-state index in [2.05, 4.69) is 28.8 Å². The van der Waals surface area contributed by atoms with Gasteiger partial charge in [-0.3, -0.25) is 0 Å². The molecule has 1 rings (SSSR count). The predicted octanol–water partition coefficient (Wildman–Crippen LogP) is 2.28. The second-order valence-corrected chi connectivity index (χ2v) is 5.54. The molecule has 0 aromatic rings. The lowest BCUT2D eigenvalue weighted by Crippen LogP contribution is -2.42. The van der Waals surface area contributed by atoms with E-state index in [1.165, 1.54) is 6.42 Å². The minimum Gasteiger partial charge on any atom is -0.371 e. The molecule has 1 saturated heterocycles. The first-order valence-corrected chi connectivity index (χ1v) is 6.97. The van der Waals surface area contributed by atoms with Gasteiger partial charge in [0, 0.05) is 19.1 Å². The van der Waals surface area contributed by atoms with Crippen LogP contribution in [0.2, 0.25) is 0 Å². The normalized spacial score (nSPS) is 22.1. The van der Waals surface area contributed by atoms with Gasteiger partial charge in [0.2, 0.25) is 0 Å². The molecule has 0 aliphatic carbocycles. The molecule has 0 saturated carbocycles. The summed E-state index contributed by atoms with van der Waals surface area (Å²) < 4.78 is 40.4. The van der Waals surface area contributed by atoms with Crippen molar-refractivity contribution in [1.29, 1.82) is 0 Å². The van der Waals surface area contributed by atoms with Gasteiger partial charge in [-0.15, -0.1) is 0 Å². The van der Waals surface area contributed by atoms with Crippen LogP contribution >= 0.6 is 0 Å². The van der Waals surface area contributed by atoms with Crippen LogP contribution in [-0.4, -0.2) is 56.5 Å². The molecule has 1 unspecified atom stereocenters. The van der Waals surface area contributed by atoms with Crippen molar-refractivity contribution in [1.82, 2.24) is 10.2 Å². The fourth-order valence-corrected chi connectivity index (χ4v) is 2.30. The maximum absolute atomic E-state index is 11.9. The van der Waals surface area contributed by atoms with E-state index in [4.69, 9.17) is 0 Å². The van der Waals surface area contributed by atoms with Crippen LogP contribution in [0.15, 0.2) is 0 Å². The van der Waals surface area contributed by atoms with Gasteiger partial charge in [-0.1, -0.05) is 13.8 Å². The molecule has 1 N–H and O–H groups in total. The number of hydrogen-bond acceptors (Lipinski definition) is 3. The van der Waals surface area contributed by atoms with Crippen molar-refractivity contribution in [3.8, 4) is 0 Å². The molecule has 0 aromatic carbocycles. The summed E-state index contributed by atoms with van der Waals surface area (Å²) in [5.74, 6) is 0.596. The first kappa shape index (κ1) is 16.7. The molecule has 1 aliphatic rings. The van der Waals surface area contributed by atoms with E-state index < -0.39 is 12.8 Å². The van der Waals surface area contributed by atoms with Gasteiger partial charge in [0.15, 0.2) is 0 Å². The summed E-state index contributed by atoms with van der Waals surface area (Å²) in [6.45, 7) is 6.74. The van der Waals surface area contributed by atoms with Gasteiger partial charge in [0.25, 0.3) is 0 Å². The molecule has 0 spiro atoms. The molecule has 6 heteroatoms. The minimum absolute atomic E-state index is 0.157. The van der Waals surface area contributed by atoms with Gasteiger partial charge in [0.1, 0.15) is 6.61 Å². The first-order chi connectivity index (χ1) is 8.87. The first-order valence-electron chi connectivity index (χ1n) is 6.97. The molecule has 0 bridgehead atoms. The second kappa shape index (κ2) is 8.07. The summed E-state index contributed by atoms with van der Waals surface area (Å²) >= 11 is 0. The molecular weight excluding hydrogens is 257 g/mol. The summed E-state index contributed by atoms with van der Waals surface area (Å²) in [6.07, 6.45) is -1.91. The number of halogens is 3. The Labute approximate surface area is 113 Å². The molecule has 0 amide bonds. The third-order valence-electron chi connectivity index (χ3n) is 3.24. The van der Waals surface area contributed by atoms with Crippen LogP contribution in [0.4, 0.5) is 13.2 Å². The van der Waals surface area contributed by atoms with Crippen LogP contribution in [-0.2, 0) is 4.74 Å². The van der Waals surface area contributed by atoms with Crippen LogP contribution < -0.4 is 5.32 Å². The van der Waals surface area contributed by atoms with Crippen LogP contribution in [0.5, 0.6) is 0 Å². The highest BCUT2D eigenvalue weighted by molar-refractivity contribution is 4.75. The molecule has 114 valence electrons. The Morgan fingerprint density at radius 2 is 2.11 bits per heavy atom. The Kier molecular flexibility index (Phi) is 7.10. The van der Waals surface area contributed by atoms with Gasteiger partial charge in [0.05, 0.1) is 6.61 Å². The summed E-state index contributed by atoms with van der Waals surface area (Å²) in [6, 6.07) is 0.477. The Morgan fingerprint density at radius 1 is 1.37 bits per heavy atom. The Hall–Kier alpha value is -0.330. The summed E-state index contributed by atoms with van der Waals surface area (Å²) in [4.78, 5) is 2.20. The van der Waals surface area contributed by atoms with E-state index in [0.29, 0.717) is 18.5 Å². The van der Waals surface area contributed by atoms with Crippen molar-refractivity contribution in [2.45, 2.75) is 38.9 Å². The van der Waals surface area contributed by atoms with Crippen molar-refractivity contribution in [2.24, 2.45) is 5.92 Å². The Balaban J connectivity index is 2.13. The Bertz CT molecular complexity index is 247. The standard InChI is InChI=1S/C13H25F3N2O/c1-11(2)17-8-12-4-3-5-18(9-12)6-7-19-10-13(14,15)16/h11-12,17H,3-10H2,1-2H3. The highest BCUT2D eigenvalue weighted by Gasteiger charge is 2.27.